The van der Waals surface area contributed by atoms with Crippen LogP contribution in [0.5, 0.6) is 0 Å². The molecule has 3 rings (SSSR count). The highest BCUT2D eigenvalue weighted by Gasteiger charge is 2.33. The Hall–Kier alpha value is -2.41. The summed E-state index contributed by atoms with van der Waals surface area (Å²) in [6.07, 6.45) is 1.44. The predicted octanol–water partition coefficient (Wildman–Crippen LogP) is 4.28. The number of likely N-dealkylation sites (N-methyl/N-ethyl adjacent to an activating group) is 1. The fraction of sp³-hybridized carbons (Fsp3) is 0.125. The number of benzene rings is 1. The average molecular weight is 335 g/mol. The van der Waals surface area contributed by atoms with Crippen molar-refractivity contribution in [3.8, 4) is 11.3 Å². The number of carbonyl (C=O) groups excluding carboxylic acids is 2. The van der Waals surface area contributed by atoms with E-state index >= 15 is 0 Å². The maximum Gasteiger partial charge on any atom is 0.293 e. The smallest absolute Gasteiger partial charge is 0.293 e. The molecule has 0 atom stereocenters. The van der Waals surface area contributed by atoms with Crippen molar-refractivity contribution in [2.24, 2.45) is 0 Å². The van der Waals surface area contributed by atoms with Crippen molar-refractivity contribution < 1.29 is 22.8 Å². The first kappa shape index (κ1) is 15.5. The Morgan fingerprint density at radius 1 is 1.22 bits per heavy atom. The summed E-state index contributed by atoms with van der Waals surface area (Å²) in [5.41, 5.74) is 0.118. The van der Waals surface area contributed by atoms with E-state index in [0.717, 1.165) is 28.8 Å². The third kappa shape index (κ3) is 2.92. The molecule has 0 saturated carbocycles. The molecule has 0 spiro atoms. The molecule has 7 heteroatoms. The molecular weight excluding hydrogens is 324 g/mol. The van der Waals surface area contributed by atoms with Crippen LogP contribution in [0.3, 0.4) is 0 Å². The molecule has 23 heavy (non-hydrogen) atoms. The molecule has 1 saturated heterocycles. The number of halogens is 2. The topological polar surface area (TPSA) is 50.5 Å². The molecule has 1 aromatic heterocycles. The minimum Gasteiger partial charge on any atom is -0.457 e. The van der Waals surface area contributed by atoms with Crippen LogP contribution in [0, 0.1) is 11.6 Å². The van der Waals surface area contributed by atoms with Crippen LogP contribution < -0.4 is 0 Å². The van der Waals surface area contributed by atoms with Gasteiger partial charge in [-0.1, -0.05) is 0 Å². The first-order valence-corrected chi connectivity index (χ1v) is 7.62. The summed E-state index contributed by atoms with van der Waals surface area (Å²) in [4.78, 5) is 25.0. The van der Waals surface area contributed by atoms with E-state index in [-0.39, 0.29) is 27.4 Å². The van der Waals surface area contributed by atoms with E-state index in [1.165, 1.54) is 18.2 Å². The lowest BCUT2D eigenvalue weighted by Gasteiger charge is -2.06. The number of amides is 2. The Morgan fingerprint density at radius 2 is 2.00 bits per heavy atom. The number of hydrogen-bond donors (Lipinski definition) is 0. The summed E-state index contributed by atoms with van der Waals surface area (Å²) in [5, 5.41) is -0.333. The Kier molecular flexibility index (Phi) is 4.04. The maximum atomic E-state index is 13.7. The molecule has 2 heterocycles. The molecule has 4 nitrogen and oxygen atoms in total. The van der Waals surface area contributed by atoms with Gasteiger partial charge in [-0.05, 0) is 43.0 Å². The summed E-state index contributed by atoms with van der Waals surface area (Å²) in [6.45, 7) is 2.01. The minimum atomic E-state index is -0.739. The predicted molar refractivity (Wildman–Crippen MR) is 82.4 cm³/mol. The SMILES string of the molecule is CCN1C(=O)S/C(=C/c2ccc(-c3ccc(F)cc3F)o2)C1=O. The zero-order chi connectivity index (χ0) is 16.6. The van der Waals surface area contributed by atoms with Crippen molar-refractivity contribution in [1.29, 1.82) is 0 Å². The lowest BCUT2D eigenvalue weighted by molar-refractivity contribution is -0.122. The number of rotatable bonds is 3. The highest BCUT2D eigenvalue weighted by molar-refractivity contribution is 8.18. The van der Waals surface area contributed by atoms with Crippen LogP contribution in [0.1, 0.15) is 12.7 Å². The molecule has 118 valence electrons. The first-order valence-electron chi connectivity index (χ1n) is 6.80. The average Bonchev–Trinajstić information content (AvgIpc) is 3.05. The lowest BCUT2D eigenvalue weighted by Crippen LogP contribution is -2.27. The highest BCUT2D eigenvalue weighted by Crippen LogP contribution is 2.33. The molecule has 0 unspecified atom stereocenters. The fourth-order valence-electron chi connectivity index (χ4n) is 2.17. The van der Waals surface area contributed by atoms with Gasteiger partial charge in [0, 0.05) is 18.7 Å². The quantitative estimate of drug-likeness (QED) is 0.786. The summed E-state index contributed by atoms with van der Waals surface area (Å²) in [7, 11) is 0. The molecule has 0 bridgehead atoms. The molecule has 0 aliphatic carbocycles. The van der Waals surface area contributed by atoms with Crippen molar-refractivity contribution in [3.05, 3.63) is 52.6 Å². The van der Waals surface area contributed by atoms with E-state index in [9.17, 15) is 18.4 Å². The van der Waals surface area contributed by atoms with E-state index < -0.39 is 11.6 Å². The number of carbonyl (C=O) groups is 2. The minimum absolute atomic E-state index is 0.118. The second kappa shape index (κ2) is 6.00. The van der Waals surface area contributed by atoms with E-state index in [4.69, 9.17) is 4.42 Å². The van der Waals surface area contributed by atoms with Crippen LogP contribution in [0.2, 0.25) is 0 Å². The number of nitrogens with zero attached hydrogens (tertiary/aromatic N) is 1. The van der Waals surface area contributed by atoms with Gasteiger partial charge in [-0.2, -0.15) is 0 Å². The largest absolute Gasteiger partial charge is 0.457 e. The van der Waals surface area contributed by atoms with E-state index in [0.29, 0.717) is 12.3 Å². The number of hydrogen-bond acceptors (Lipinski definition) is 4. The Morgan fingerprint density at radius 3 is 2.65 bits per heavy atom. The van der Waals surface area contributed by atoms with Crippen LogP contribution in [0.4, 0.5) is 13.6 Å². The fourth-order valence-corrected chi connectivity index (χ4v) is 3.05. The molecule has 1 fully saturated rings. The summed E-state index contributed by atoms with van der Waals surface area (Å²) in [5.74, 6) is -1.27. The molecule has 1 aliphatic heterocycles. The van der Waals surface area contributed by atoms with Crippen molar-refractivity contribution in [2.75, 3.05) is 6.54 Å². The van der Waals surface area contributed by atoms with Gasteiger partial charge in [0.2, 0.25) is 0 Å². The van der Waals surface area contributed by atoms with Gasteiger partial charge in [0.15, 0.2) is 0 Å². The van der Waals surface area contributed by atoms with Gasteiger partial charge < -0.3 is 4.42 Å². The van der Waals surface area contributed by atoms with Crippen LogP contribution in [-0.2, 0) is 4.79 Å². The van der Waals surface area contributed by atoms with E-state index in [1.54, 1.807) is 13.0 Å². The molecule has 1 aliphatic rings. The van der Waals surface area contributed by atoms with E-state index in [1.807, 2.05) is 0 Å². The standard InChI is InChI=1S/C16H11F2NO3S/c1-2-19-15(20)14(23-16(19)21)8-10-4-6-13(22-10)11-5-3-9(17)7-12(11)18/h3-8H,2H2,1H3/b14-8+. The van der Waals surface area contributed by atoms with Crippen LogP contribution in [-0.4, -0.2) is 22.6 Å². The van der Waals surface area contributed by atoms with Gasteiger partial charge >= 0.3 is 0 Å². The number of imide groups is 1. The molecular formula is C16H11F2NO3S. The molecule has 0 radical (unpaired) electrons. The third-order valence-corrected chi connectivity index (χ3v) is 4.19. The van der Waals surface area contributed by atoms with Gasteiger partial charge in [-0.3, -0.25) is 14.5 Å². The monoisotopic (exact) mass is 335 g/mol. The first-order chi connectivity index (χ1) is 11.0. The Balaban J connectivity index is 1.90. The van der Waals surface area contributed by atoms with Crippen molar-refractivity contribution in [3.63, 3.8) is 0 Å². The summed E-state index contributed by atoms with van der Waals surface area (Å²) >= 11 is 0.826. The number of furan rings is 1. The van der Waals surface area contributed by atoms with Gasteiger partial charge in [0.25, 0.3) is 11.1 Å². The highest BCUT2D eigenvalue weighted by atomic mass is 32.2. The zero-order valence-electron chi connectivity index (χ0n) is 12.0. The van der Waals surface area contributed by atoms with Crippen molar-refractivity contribution >= 4 is 29.0 Å². The second-order valence-corrected chi connectivity index (χ2v) is 5.75. The summed E-state index contributed by atoms with van der Waals surface area (Å²) in [6, 6.07) is 6.25. The van der Waals surface area contributed by atoms with Gasteiger partial charge in [-0.25, -0.2) is 8.78 Å². The number of thioether (sulfide) groups is 1. The zero-order valence-corrected chi connectivity index (χ0v) is 12.8. The van der Waals surface area contributed by atoms with E-state index in [2.05, 4.69) is 0 Å². The second-order valence-electron chi connectivity index (χ2n) is 4.75. The molecule has 2 aromatic rings. The van der Waals surface area contributed by atoms with Gasteiger partial charge in [0.05, 0.1) is 10.5 Å². The molecule has 0 N–H and O–H groups in total. The maximum absolute atomic E-state index is 13.7. The normalized spacial score (nSPS) is 16.7. The van der Waals surface area contributed by atoms with Gasteiger partial charge in [-0.15, -0.1) is 0 Å². The Bertz CT molecular complexity index is 828. The van der Waals surface area contributed by atoms with Gasteiger partial charge in [0.1, 0.15) is 23.2 Å². The Labute approximate surface area is 134 Å². The summed E-state index contributed by atoms with van der Waals surface area (Å²) < 4.78 is 32.1. The van der Waals surface area contributed by atoms with Crippen LogP contribution in [0.25, 0.3) is 17.4 Å². The molecule has 1 aromatic carbocycles. The van der Waals surface area contributed by atoms with Crippen molar-refractivity contribution in [1.82, 2.24) is 4.90 Å². The third-order valence-electron chi connectivity index (χ3n) is 3.29. The van der Waals surface area contributed by atoms with Crippen LogP contribution >= 0.6 is 11.8 Å². The lowest BCUT2D eigenvalue weighted by atomic mass is 10.1. The van der Waals surface area contributed by atoms with Crippen molar-refractivity contribution in [2.45, 2.75) is 6.92 Å². The van der Waals surface area contributed by atoms with Crippen LogP contribution in [0.15, 0.2) is 39.7 Å². The molecule has 2 amide bonds.